The predicted octanol–water partition coefficient (Wildman–Crippen LogP) is 0.932. The number of carbonyl (C=O) groups is 1. The summed E-state index contributed by atoms with van der Waals surface area (Å²) < 4.78 is 45.1. The zero-order valence-electron chi connectivity index (χ0n) is 17.8. The number of rotatable bonds is 4. The Hall–Kier alpha value is -2.60. The Morgan fingerprint density at radius 2 is 1.91 bits per heavy atom. The van der Waals surface area contributed by atoms with E-state index >= 15 is 0 Å². The van der Waals surface area contributed by atoms with Gasteiger partial charge in [0.15, 0.2) is 11.5 Å². The van der Waals surface area contributed by atoms with Gasteiger partial charge in [-0.15, -0.1) is 0 Å². The molecular weight excluding hydrogens is 436 g/mol. The molecule has 2 atom stereocenters. The molecule has 5 rings (SSSR count). The fraction of sp³-hybridized carbons (Fsp3) is 0.476. The lowest BCUT2D eigenvalue weighted by Gasteiger charge is -2.40. The van der Waals surface area contributed by atoms with E-state index in [4.69, 9.17) is 13.9 Å². The Morgan fingerprint density at radius 3 is 2.66 bits per heavy atom. The molecule has 0 bridgehead atoms. The van der Waals surface area contributed by atoms with E-state index in [1.807, 2.05) is 18.2 Å². The van der Waals surface area contributed by atoms with E-state index in [1.165, 1.54) is 13.3 Å². The average Bonchev–Trinajstić information content (AvgIpc) is 3.47. The van der Waals surface area contributed by atoms with Crippen LogP contribution in [-0.2, 0) is 21.5 Å². The topological polar surface area (TPSA) is 105 Å². The zero-order valence-corrected chi connectivity index (χ0v) is 18.6. The number of nitrogens with zero attached hydrogens (tertiary/aromatic N) is 3. The highest BCUT2D eigenvalue weighted by Gasteiger charge is 2.43. The number of likely N-dealkylation sites (N-methyl/N-ethyl adjacent to an activating group) is 1. The van der Waals surface area contributed by atoms with E-state index < -0.39 is 22.3 Å². The normalized spacial score (nSPS) is 25.7. The van der Waals surface area contributed by atoms with Crippen molar-refractivity contribution in [2.24, 2.45) is 0 Å². The number of fused-ring (bicyclic) bond motifs is 1. The van der Waals surface area contributed by atoms with Gasteiger partial charge in [-0.05, 0) is 36.2 Å². The average molecular weight is 463 g/mol. The number of amides is 1. The molecule has 1 amide bonds. The predicted molar refractivity (Wildman–Crippen MR) is 114 cm³/mol. The Bertz CT molecular complexity index is 1080. The first-order chi connectivity index (χ1) is 15.4. The molecule has 32 heavy (non-hydrogen) atoms. The highest BCUT2D eigenvalue weighted by atomic mass is 32.2. The molecule has 10 nitrogen and oxygen atoms in total. The summed E-state index contributed by atoms with van der Waals surface area (Å²) in [4.78, 5) is 17.3. The van der Waals surface area contributed by atoms with Gasteiger partial charge in [-0.2, -0.15) is 17.4 Å². The number of carbonyl (C=O) groups excluding carboxylic acids is 1. The van der Waals surface area contributed by atoms with Crippen molar-refractivity contribution in [3.8, 4) is 11.5 Å². The molecule has 3 aliphatic heterocycles. The minimum absolute atomic E-state index is 0.170. The highest BCUT2D eigenvalue weighted by molar-refractivity contribution is 7.87. The van der Waals surface area contributed by atoms with Gasteiger partial charge in [0.05, 0.1) is 12.3 Å². The minimum atomic E-state index is -3.78. The molecule has 0 saturated carbocycles. The van der Waals surface area contributed by atoms with Crippen LogP contribution in [0.5, 0.6) is 11.5 Å². The molecule has 2 fully saturated rings. The minimum Gasteiger partial charge on any atom is -0.468 e. The fourth-order valence-corrected chi connectivity index (χ4v) is 5.65. The van der Waals surface area contributed by atoms with E-state index in [-0.39, 0.29) is 12.7 Å². The third kappa shape index (κ3) is 4.08. The molecule has 3 aliphatic rings. The molecule has 2 saturated heterocycles. The van der Waals surface area contributed by atoms with Crippen LogP contribution in [0.25, 0.3) is 0 Å². The third-order valence-corrected chi connectivity index (χ3v) is 7.86. The summed E-state index contributed by atoms with van der Waals surface area (Å²) in [5.74, 6) is 1.86. The summed E-state index contributed by atoms with van der Waals surface area (Å²) in [5, 5.41) is 0. The van der Waals surface area contributed by atoms with Crippen LogP contribution in [0.4, 0.5) is 0 Å². The molecule has 0 radical (unpaired) electrons. The van der Waals surface area contributed by atoms with Crippen LogP contribution < -0.4 is 14.2 Å². The van der Waals surface area contributed by atoms with Crippen LogP contribution in [0.15, 0.2) is 41.0 Å². The lowest BCUT2D eigenvalue weighted by Crippen LogP contribution is -2.60. The van der Waals surface area contributed by atoms with Crippen molar-refractivity contribution in [2.75, 3.05) is 40.0 Å². The first-order valence-electron chi connectivity index (χ1n) is 10.6. The third-order valence-electron chi connectivity index (χ3n) is 6.27. The monoisotopic (exact) mass is 462 g/mol. The van der Waals surface area contributed by atoms with Gasteiger partial charge in [-0.25, -0.2) is 0 Å². The lowest BCUT2D eigenvalue weighted by atomic mass is 10.0. The van der Waals surface area contributed by atoms with E-state index in [1.54, 1.807) is 17.0 Å². The number of hydrogen-bond donors (Lipinski definition) is 1. The maximum absolute atomic E-state index is 13.3. The van der Waals surface area contributed by atoms with Gasteiger partial charge in [-0.3, -0.25) is 9.69 Å². The van der Waals surface area contributed by atoms with Crippen LogP contribution >= 0.6 is 0 Å². The standard InChI is InChI=1S/C21H26N4O6S/c1-23-17(12-16(22-32(23,27)28)18-3-2-10-29-18)21(26)25-8-6-24(7-9-25)13-15-4-5-19-20(11-15)31-14-30-19/h2-5,10-11,16-17,22H,6-9,12-14H2,1H3. The summed E-state index contributed by atoms with van der Waals surface area (Å²) in [5.41, 5.74) is 1.12. The molecule has 1 aromatic heterocycles. The van der Waals surface area contributed by atoms with Gasteiger partial charge in [0.2, 0.25) is 12.7 Å². The Kier molecular flexibility index (Phi) is 5.58. The van der Waals surface area contributed by atoms with Gasteiger partial charge in [0.1, 0.15) is 11.8 Å². The van der Waals surface area contributed by atoms with Crippen LogP contribution in [-0.4, -0.2) is 74.5 Å². The summed E-state index contributed by atoms with van der Waals surface area (Å²) in [6.07, 6.45) is 1.82. The van der Waals surface area contributed by atoms with Crippen molar-refractivity contribution in [1.29, 1.82) is 0 Å². The molecule has 0 aliphatic carbocycles. The summed E-state index contributed by atoms with van der Waals surface area (Å²) >= 11 is 0. The number of piperazine rings is 1. The van der Waals surface area contributed by atoms with Gasteiger partial charge >= 0.3 is 0 Å². The number of furan rings is 1. The van der Waals surface area contributed by atoms with Crippen molar-refractivity contribution in [2.45, 2.75) is 25.0 Å². The molecule has 0 spiro atoms. The van der Waals surface area contributed by atoms with Crippen molar-refractivity contribution < 1.29 is 27.1 Å². The maximum Gasteiger partial charge on any atom is 0.280 e. The molecule has 1 aromatic carbocycles. The van der Waals surface area contributed by atoms with Crippen LogP contribution in [0, 0.1) is 0 Å². The second-order valence-electron chi connectivity index (χ2n) is 8.25. The molecule has 11 heteroatoms. The van der Waals surface area contributed by atoms with E-state index in [9.17, 15) is 13.2 Å². The quantitative estimate of drug-likeness (QED) is 0.721. The summed E-state index contributed by atoms with van der Waals surface area (Å²) in [6.45, 7) is 3.52. The van der Waals surface area contributed by atoms with Crippen molar-refractivity contribution in [3.63, 3.8) is 0 Å². The molecule has 2 unspecified atom stereocenters. The number of benzene rings is 1. The Labute approximate surface area is 186 Å². The first kappa shape index (κ1) is 21.3. The first-order valence-corrected chi connectivity index (χ1v) is 12.0. The second kappa shape index (κ2) is 8.39. The molecule has 2 aromatic rings. The lowest BCUT2D eigenvalue weighted by molar-refractivity contribution is -0.137. The van der Waals surface area contributed by atoms with E-state index in [2.05, 4.69) is 9.62 Å². The fourth-order valence-electron chi connectivity index (χ4n) is 4.40. The van der Waals surface area contributed by atoms with Crippen molar-refractivity contribution in [3.05, 3.63) is 47.9 Å². The van der Waals surface area contributed by atoms with Gasteiger partial charge in [0, 0.05) is 39.8 Å². The number of nitrogens with one attached hydrogen (secondary N) is 1. The second-order valence-corrected chi connectivity index (χ2v) is 10.0. The van der Waals surface area contributed by atoms with Gasteiger partial charge < -0.3 is 18.8 Å². The highest BCUT2D eigenvalue weighted by Crippen LogP contribution is 2.33. The maximum atomic E-state index is 13.3. The van der Waals surface area contributed by atoms with Crippen LogP contribution in [0.3, 0.4) is 0 Å². The Morgan fingerprint density at radius 1 is 1.12 bits per heavy atom. The molecule has 172 valence electrons. The number of hydrogen-bond acceptors (Lipinski definition) is 7. The largest absolute Gasteiger partial charge is 0.468 e. The SMILES string of the molecule is CN1C(C(=O)N2CCN(Cc3ccc4c(c3)OCO4)CC2)CC(c2ccco2)NS1(=O)=O. The van der Waals surface area contributed by atoms with Crippen molar-refractivity contribution in [1.82, 2.24) is 18.8 Å². The smallest absolute Gasteiger partial charge is 0.280 e. The molecular formula is C21H26N4O6S. The van der Waals surface area contributed by atoms with Gasteiger partial charge in [-0.1, -0.05) is 6.07 Å². The van der Waals surface area contributed by atoms with E-state index in [0.717, 1.165) is 27.9 Å². The van der Waals surface area contributed by atoms with Gasteiger partial charge in [0.25, 0.3) is 10.2 Å². The Balaban J connectivity index is 1.21. The summed E-state index contributed by atoms with van der Waals surface area (Å²) in [6, 6.07) is 8.02. The molecule has 1 N–H and O–H groups in total. The molecule has 4 heterocycles. The van der Waals surface area contributed by atoms with Crippen molar-refractivity contribution >= 4 is 16.1 Å². The number of ether oxygens (including phenoxy) is 2. The van der Waals surface area contributed by atoms with E-state index in [0.29, 0.717) is 38.4 Å². The van der Waals surface area contributed by atoms with Crippen LogP contribution in [0.1, 0.15) is 23.8 Å². The summed E-state index contributed by atoms with van der Waals surface area (Å²) in [7, 11) is -2.34. The van der Waals surface area contributed by atoms with Crippen LogP contribution in [0.2, 0.25) is 0 Å². The zero-order chi connectivity index (χ0) is 22.3.